The standard InChI is InChI=1S/C19H21NO6S/c1-4-24-19(21)14-5-7-16(13(2)11-14)20(3)27(22,23)15-6-8-17-18(12-15)26-10-9-25-17/h5-8,11-12H,4,9-10H2,1-3H3. The molecule has 144 valence electrons. The maximum atomic E-state index is 13.0. The van der Waals surface area contributed by atoms with Gasteiger partial charge in [-0.15, -0.1) is 0 Å². The van der Waals surface area contributed by atoms with Gasteiger partial charge in [-0.2, -0.15) is 0 Å². The van der Waals surface area contributed by atoms with E-state index in [0.29, 0.717) is 41.5 Å². The lowest BCUT2D eigenvalue weighted by Gasteiger charge is -2.23. The Morgan fingerprint density at radius 2 is 1.81 bits per heavy atom. The third kappa shape index (κ3) is 3.71. The molecule has 0 amide bonds. The molecule has 1 aliphatic rings. The van der Waals surface area contributed by atoms with Crippen LogP contribution in [0.4, 0.5) is 5.69 Å². The van der Waals surface area contributed by atoms with Crippen molar-refractivity contribution in [3.8, 4) is 11.5 Å². The summed E-state index contributed by atoms with van der Waals surface area (Å²) in [6.45, 7) is 4.56. The van der Waals surface area contributed by atoms with E-state index in [4.69, 9.17) is 14.2 Å². The van der Waals surface area contributed by atoms with Gasteiger partial charge in [0.25, 0.3) is 10.0 Å². The highest BCUT2D eigenvalue weighted by Gasteiger charge is 2.25. The maximum Gasteiger partial charge on any atom is 0.338 e. The monoisotopic (exact) mass is 391 g/mol. The lowest BCUT2D eigenvalue weighted by atomic mass is 10.1. The van der Waals surface area contributed by atoms with Crippen molar-refractivity contribution in [2.75, 3.05) is 31.2 Å². The Bertz CT molecular complexity index is 970. The molecule has 0 fully saturated rings. The molecule has 7 nitrogen and oxygen atoms in total. The van der Waals surface area contributed by atoms with Crippen LogP contribution in [0.25, 0.3) is 0 Å². The predicted octanol–water partition coefficient (Wildman–Crippen LogP) is 2.77. The van der Waals surface area contributed by atoms with Crippen LogP contribution in [0.15, 0.2) is 41.3 Å². The SMILES string of the molecule is CCOC(=O)c1ccc(N(C)S(=O)(=O)c2ccc3c(c2)OCCO3)c(C)c1. The molecule has 8 heteroatoms. The zero-order valence-corrected chi connectivity index (χ0v) is 16.2. The fourth-order valence-electron chi connectivity index (χ4n) is 2.82. The third-order valence-corrected chi connectivity index (χ3v) is 5.99. The number of fused-ring (bicyclic) bond motifs is 1. The number of benzene rings is 2. The number of nitrogens with zero attached hydrogens (tertiary/aromatic N) is 1. The Kier molecular flexibility index (Phi) is 5.27. The van der Waals surface area contributed by atoms with Crippen LogP contribution in [0.2, 0.25) is 0 Å². The molecule has 0 aliphatic carbocycles. The highest BCUT2D eigenvalue weighted by molar-refractivity contribution is 7.92. The summed E-state index contributed by atoms with van der Waals surface area (Å²) in [5, 5.41) is 0. The lowest BCUT2D eigenvalue weighted by molar-refractivity contribution is 0.0526. The zero-order valence-electron chi connectivity index (χ0n) is 15.4. The molecule has 0 atom stereocenters. The smallest absolute Gasteiger partial charge is 0.338 e. The Morgan fingerprint density at radius 3 is 2.48 bits per heavy atom. The Morgan fingerprint density at radius 1 is 1.11 bits per heavy atom. The van der Waals surface area contributed by atoms with E-state index < -0.39 is 16.0 Å². The third-order valence-electron chi connectivity index (χ3n) is 4.22. The van der Waals surface area contributed by atoms with Gasteiger partial charge in [0.05, 0.1) is 22.8 Å². The summed E-state index contributed by atoms with van der Waals surface area (Å²) in [7, 11) is -2.34. The summed E-state index contributed by atoms with van der Waals surface area (Å²) in [6.07, 6.45) is 0. The van der Waals surface area contributed by atoms with Crippen LogP contribution in [0.5, 0.6) is 11.5 Å². The van der Waals surface area contributed by atoms with Crippen LogP contribution in [-0.4, -0.2) is 41.3 Å². The average Bonchev–Trinajstić information content (AvgIpc) is 2.67. The van der Waals surface area contributed by atoms with Crippen LogP contribution in [0, 0.1) is 6.92 Å². The summed E-state index contributed by atoms with van der Waals surface area (Å²) in [5.41, 5.74) is 1.49. The van der Waals surface area contributed by atoms with E-state index in [1.807, 2.05) is 0 Å². The number of rotatable bonds is 5. The summed E-state index contributed by atoms with van der Waals surface area (Å²) < 4.78 is 43.1. The number of anilines is 1. The van der Waals surface area contributed by atoms with Crippen molar-refractivity contribution >= 4 is 21.7 Å². The quantitative estimate of drug-likeness (QED) is 0.729. The first-order chi connectivity index (χ1) is 12.8. The Balaban J connectivity index is 1.92. The first kappa shape index (κ1) is 19.0. The molecule has 0 aromatic heterocycles. The Labute approximate surface area is 158 Å². The van der Waals surface area contributed by atoms with Gasteiger partial charge in [0, 0.05) is 13.1 Å². The molecular formula is C19H21NO6S. The van der Waals surface area contributed by atoms with Gasteiger partial charge in [0.1, 0.15) is 13.2 Å². The summed E-state index contributed by atoms with van der Waals surface area (Å²) in [6, 6.07) is 9.30. The number of sulfonamides is 1. The number of ether oxygens (including phenoxy) is 3. The highest BCUT2D eigenvalue weighted by atomic mass is 32.2. The van der Waals surface area contributed by atoms with Gasteiger partial charge in [-0.1, -0.05) is 0 Å². The van der Waals surface area contributed by atoms with Crippen molar-refractivity contribution in [3.05, 3.63) is 47.5 Å². The second kappa shape index (κ2) is 7.48. The largest absolute Gasteiger partial charge is 0.486 e. The normalized spacial score (nSPS) is 13.1. The van der Waals surface area contributed by atoms with Crippen molar-refractivity contribution in [2.24, 2.45) is 0 Å². The molecule has 1 heterocycles. The van der Waals surface area contributed by atoms with Gasteiger partial charge in [-0.25, -0.2) is 13.2 Å². The number of hydrogen-bond donors (Lipinski definition) is 0. The van der Waals surface area contributed by atoms with Crippen LogP contribution >= 0.6 is 0 Å². The van der Waals surface area contributed by atoms with Gasteiger partial charge >= 0.3 is 5.97 Å². The van der Waals surface area contributed by atoms with E-state index in [0.717, 1.165) is 0 Å². The molecule has 0 bridgehead atoms. The molecule has 2 aromatic rings. The molecule has 0 spiro atoms. The summed E-state index contributed by atoms with van der Waals surface area (Å²) >= 11 is 0. The summed E-state index contributed by atoms with van der Waals surface area (Å²) in [4.78, 5) is 12.0. The molecule has 0 unspecified atom stereocenters. The van der Waals surface area contributed by atoms with E-state index in [-0.39, 0.29) is 11.5 Å². The molecule has 0 radical (unpaired) electrons. The predicted molar refractivity (Wildman–Crippen MR) is 100 cm³/mol. The number of carbonyl (C=O) groups excluding carboxylic acids is 1. The molecular weight excluding hydrogens is 370 g/mol. The van der Waals surface area contributed by atoms with E-state index >= 15 is 0 Å². The average molecular weight is 391 g/mol. The molecule has 2 aromatic carbocycles. The van der Waals surface area contributed by atoms with Crippen molar-refractivity contribution in [2.45, 2.75) is 18.7 Å². The molecule has 0 N–H and O–H groups in total. The van der Waals surface area contributed by atoms with Crippen molar-refractivity contribution < 1.29 is 27.4 Å². The molecule has 0 saturated carbocycles. The van der Waals surface area contributed by atoms with E-state index in [2.05, 4.69) is 0 Å². The van der Waals surface area contributed by atoms with Gasteiger partial charge in [-0.05, 0) is 49.7 Å². The van der Waals surface area contributed by atoms with Crippen LogP contribution < -0.4 is 13.8 Å². The molecule has 0 saturated heterocycles. The molecule has 3 rings (SSSR count). The molecule has 27 heavy (non-hydrogen) atoms. The fraction of sp³-hybridized carbons (Fsp3) is 0.316. The number of aryl methyl sites for hydroxylation is 1. The van der Waals surface area contributed by atoms with Crippen molar-refractivity contribution in [1.82, 2.24) is 0 Å². The second-order valence-electron chi connectivity index (χ2n) is 6.00. The van der Waals surface area contributed by atoms with Crippen molar-refractivity contribution in [3.63, 3.8) is 0 Å². The minimum absolute atomic E-state index is 0.100. The van der Waals surface area contributed by atoms with Gasteiger partial charge in [-0.3, -0.25) is 4.31 Å². The minimum Gasteiger partial charge on any atom is -0.486 e. The number of carbonyl (C=O) groups is 1. The number of esters is 1. The van der Waals surface area contributed by atoms with Crippen LogP contribution in [0.3, 0.4) is 0 Å². The first-order valence-corrected chi connectivity index (χ1v) is 9.95. The van der Waals surface area contributed by atoms with E-state index in [9.17, 15) is 13.2 Å². The van der Waals surface area contributed by atoms with Crippen molar-refractivity contribution in [1.29, 1.82) is 0 Å². The maximum absolute atomic E-state index is 13.0. The fourth-order valence-corrected chi connectivity index (χ4v) is 4.10. The second-order valence-corrected chi connectivity index (χ2v) is 7.97. The highest BCUT2D eigenvalue weighted by Crippen LogP contribution is 2.34. The van der Waals surface area contributed by atoms with E-state index in [1.54, 1.807) is 38.1 Å². The zero-order chi connectivity index (χ0) is 19.6. The van der Waals surface area contributed by atoms with Crippen LogP contribution in [-0.2, 0) is 14.8 Å². The van der Waals surface area contributed by atoms with Gasteiger partial charge < -0.3 is 14.2 Å². The Hall–Kier alpha value is -2.74. The first-order valence-electron chi connectivity index (χ1n) is 8.51. The topological polar surface area (TPSA) is 82.1 Å². The number of hydrogen-bond acceptors (Lipinski definition) is 6. The summed E-state index contributed by atoms with van der Waals surface area (Å²) in [5.74, 6) is 0.493. The minimum atomic E-state index is -3.81. The molecule has 1 aliphatic heterocycles. The lowest BCUT2D eigenvalue weighted by Crippen LogP contribution is -2.27. The van der Waals surface area contributed by atoms with E-state index in [1.165, 1.54) is 23.5 Å². The van der Waals surface area contributed by atoms with Gasteiger partial charge in [0.2, 0.25) is 0 Å². The van der Waals surface area contributed by atoms with Crippen LogP contribution in [0.1, 0.15) is 22.8 Å². The van der Waals surface area contributed by atoms with Gasteiger partial charge in [0.15, 0.2) is 11.5 Å².